The van der Waals surface area contributed by atoms with Gasteiger partial charge in [-0.1, -0.05) is 29.4 Å². The summed E-state index contributed by atoms with van der Waals surface area (Å²) in [6, 6.07) is 16.6. The molecule has 0 saturated heterocycles. The van der Waals surface area contributed by atoms with Crippen LogP contribution in [0.3, 0.4) is 0 Å². The number of fused-ring (bicyclic) bond motifs is 1. The number of halogens is 1. The number of aromatic nitrogens is 5. The first-order valence-electron chi connectivity index (χ1n) is 9.53. The predicted molar refractivity (Wildman–Crippen MR) is 125 cm³/mol. The summed E-state index contributed by atoms with van der Waals surface area (Å²) in [5.41, 5.74) is 2.95. The molecule has 3 heterocycles. The van der Waals surface area contributed by atoms with Gasteiger partial charge in [0.15, 0.2) is 11.0 Å². The van der Waals surface area contributed by atoms with Crippen molar-refractivity contribution in [1.29, 1.82) is 0 Å². The summed E-state index contributed by atoms with van der Waals surface area (Å²) < 4.78 is 15.9. The Morgan fingerprint density at radius 2 is 1.97 bits per heavy atom. The van der Waals surface area contributed by atoms with Crippen molar-refractivity contribution in [2.75, 3.05) is 11.1 Å². The van der Waals surface area contributed by atoms with Crippen molar-refractivity contribution in [3.8, 4) is 11.4 Å². The van der Waals surface area contributed by atoms with E-state index in [9.17, 15) is 4.79 Å². The summed E-state index contributed by atoms with van der Waals surface area (Å²) in [5.74, 6) is 1.41. The van der Waals surface area contributed by atoms with E-state index < -0.39 is 0 Å². The highest BCUT2D eigenvalue weighted by Crippen LogP contribution is 2.27. The summed E-state index contributed by atoms with van der Waals surface area (Å²) in [6.07, 6.45) is 1.62. The highest BCUT2D eigenvalue weighted by Gasteiger charge is 2.17. The Kier molecular flexibility index (Phi) is 5.89. The zero-order valence-corrected chi connectivity index (χ0v) is 18.8. The van der Waals surface area contributed by atoms with Crippen molar-refractivity contribution in [2.24, 2.45) is 0 Å². The molecule has 160 valence electrons. The topological polar surface area (TPSA) is 98.7 Å². The number of carbonyl (C=O) groups is 1. The lowest BCUT2D eigenvalue weighted by Crippen LogP contribution is -2.15. The Bertz CT molecular complexity index is 1360. The molecule has 5 aromatic rings. The van der Waals surface area contributed by atoms with Gasteiger partial charge in [-0.05, 0) is 48.5 Å². The average molecular weight is 483 g/mol. The minimum atomic E-state index is -0.170. The maximum Gasteiger partial charge on any atom is 0.234 e. The van der Waals surface area contributed by atoms with Gasteiger partial charge >= 0.3 is 0 Å². The minimum absolute atomic E-state index is 0.158. The fourth-order valence-electron chi connectivity index (χ4n) is 3.13. The van der Waals surface area contributed by atoms with E-state index in [4.69, 9.17) is 16.0 Å². The van der Waals surface area contributed by atoms with Gasteiger partial charge in [0.25, 0.3) is 0 Å². The zero-order chi connectivity index (χ0) is 21.9. The first-order valence-corrected chi connectivity index (χ1v) is 11.6. The van der Waals surface area contributed by atoms with Crippen molar-refractivity contribution in [1.82, 2.24) is 23.5 Å². The highest BCUT2D eigenvalue weighted by molar-refractivity contribution is 7.99. The fraction of sp³-hybridized carbons (Fsp3) is 0.0952. The largest absolute Gasteiger partial charge is 0.467 e. The quantitative estimate of drug-likeness (QED) is 0.327. The lowest BCUT2D eigenvalue weighted by molar-refractivity contribution is -0.113. The lowest BCUT2D eigenvalue weighted by atomic mass is 10.2. The first kappa shape index (κ1) is 20.7. The molecule has 0 aliphatic carbocycles. The standard InChI is InChI=1S/C21H15ClN6O2S2/c22-14-8-6-13(7-9-14)20-24-25-21(28(20)11-15-3-2-10-30-15)31-12-18(29)23-16-4-1-5-17-19(16)27-32-26-17/h1-10H,11-12H2,(H,23,29). The zero-order valence-electron chi connectivity index (χ0n) is 16.4. The second kappa shape index (κ2) is 9.11. The smallest absolute Gasteiger partial charge is 0.234 e. The maximum atomic E-state index is 12.6. The molecule has 11 heteroatoms. The Labute approximate surface area is 195 Å². The van der Waals surface area contributed by atoms with E-state index in [1.165, 1.54) is 11.8 Å². The van der Waals surface area contributed by atoms with Gasteiger partial charge in [0, 0.05) is 10.6 Å². The minimum Gasteiger partial charge on any atom is -0.467 e. The molecular formula is C21H15ClN6O2S2. The molecule has 0 radical (unpaired) electrons. The number of amides is 1. The fourth-order valence-corrected chi connectivity index (χ4v) is 4.55. The van der Waals surface area contributed by atoms with Crippen LogP contribution < -0.4 is 5.32 Å². The number of nitrogens with one attached hydrogen (secondary N) is 1. The summed E-state index contributed by atoms with van der Waals surface area (Å²) in [5, 5.41) is 12.8. The van der Waals surface area contributed by atoms with Gasteiger partial charge in [0.1, 0.15) is 16.8 Å². The monoisotopic (exact) mass is 482 g/mol. The molecular weight excluding hydrogens is 468 g/mol. The Balaban J connectivity index is 1.36. The molecule has 0 spiro atoms. The predicted octanol–water partition coefficient (Wildman–Crippen LogP) is 4.98. The van der Waals surface area contributed by atoms with Gasteiger partial charge in [-0.25, -0.2) is 0 Å². The van der Waals surface area contributed by atoms with E-state index in [0.717, 1.165) is 28.6 Å². The molecule has 8 nitrogen and oxygen atoms in total. The molecule has 1 amide bonds. The van der Waals surface area contributed by atoms with Crippen molar-refractivity contribution < 1.29 is 9.21 Å². The lowest BCUT2D eigenvalue weighted by Gasteiger charge is -2.09. The summed E-state index contributed by atoms with van der Waals surface area (Å²) in [4.78, 5) is 12.6. The number of thioether (sulfide) groups is 1. The van der Waals surface area contributed by atoms with Gasteiger partial charge in [-0.2, -0.15) is 8.75 Å². The molecule has 2 aromatic carbocycles. The molecule has 3 aromatic heterocycles. The van der Waals surface area contributed by atoms with Crippen LogP contribution in [0.15, 0.2) is 70.4 Å². The highest BCUT2D eigenvalue weighted by atomic mass is 35.5. The molecule has 0 atom stereocenters. The van der Waals surface area contributed by atoms with E-state index in [-0.39, 0.29) is 11.7 Å². The summed E-state index contributed by atoms with van der Waals surface area (Å²) in [6.45, 7) is 0.436. The number of benzene rings is 2. The van der Waals surface area contributed by atoms with Crippen LogP contribution in [-0.2, 0) is 11.3 Å². The van der Waals surface area contributed by atoms with Gasteiger partial charge in [0.2, 0.25) is 5.91 Å². The van der Waals surface area contributed by atoms with Crippen molar-refractivity contribution in [3.05, 3.63) is 71.6 Å². The van der Waals surface area contributed by atoms with E-state index in [2.05, 4.69) is 24.3 Å². The van der Waals surface area contributed by atoms with E-state index in [1.54, 1.807) is 18.4 Å². The molecule has 5 rings (SSSR count). The molecule has 0 fully saturated rings. The number of furan rings is 1. The number of rotatable bonds is 7. The SMILES string of the molecule is O=C(CSc1nnc(-c2ccc(Cl)cc2)n1Cc1ccco1)Nc1cccc2nsnc12. The molecule has 32 heavy (non-hydrogen) atoms. The van der Waals surface area contributed by atoms with Crippen LogP contribution >= 0.6 is 35.1 Å². The van der Waals surface area contributed by atoms with E-state index >= 15 is 0 Å². The second-order valence-electron chi connectivity index (χ2n) is 6.75. The molecule has 0 saturated carbocycles. The van der Waals surface area contributed by atoms with Crippen LogP contribution in [0.1, 0.15) is 5.76 Å². The molecule has 0 unspecified atom stereocenters. The number of nitrogens with zero attached hydrogens (tertiary/aromatic N) is 5. The number of carbonyl (C=O) groups excluding carboxylic acids is 1. The average Bonchev–Trinajstić information content (AvgIpc) is 3.55. The Morgan fingerprint density at radius 3 is 2.78 bits per heavy atom. The molecule has 0 aliphatic heterocycles. The first-order chi connectivity index (χ1) is 15.7. The number of hydrogen-bond acceptors (Lipinski definition) is 8. The number of anilines is 1. The van der Waals surface area contributed by atoms with Crippen LogP contribution in [0.5, 0.6) is 0 Å². The van der Waals surface area contributed by atoms with Gasteiger partial charge in [0.05, 0.1) is 36.0 Å². The van der Waals surface area contributed by atoms with Gasteiger partial charge in [-0.15, -0.1) is 10.2 Å². The Hall–Kier alpha value is -3.21. The van der Waals surface area contributed by atoms with Crippen LogP contribution in [0.25, 0.3) is 22.4 Å². The van der Waals surface area contributed by atoms with Crippen LogP contribution in [0.2, 0.25) is 5.02 Å². The molecule has 0 bridgehead atoms. The summed E-state index contributed by atoms with van der Waals surface area (Å²) in [7, 11) is 0. The summed E-state index contributed by atoms with van der Waals surface area (Å²) >= 11 is 8.44. The third kappa shape index (κ3) is 4.38. The van der Waals surface area contributed by atoms with Gasteiger partial charge < -0.3 is 9.73 Å². The van der Waals surface area contributed by atoms with Crippen LogP contribution in [0.4, 0.5) is 5.69 Å². The van der Waals surface area contributed by atoms with Crippen LogP contribution in [-0.4, -0.2) is 35.2 Å². The van der Waals surface area contributed by atoms with Crippen LogP contribution in [0, 0.1) is 0 Å². The third-order valence-corrected chi connectivity index (χ3v) is 6.37. The van der Waals surface area contributed by atoms with Crippen molar-refractivity contribution >= 4 is 57.7 Å². The van der Waals surface area contributed by atoms with Crippen molar-refractivity contribution in [3.63, 3.8) is 0 Å². The normalized spacial score (nSPS) is 11.2. The third-order valence-electron chi connectivity index (χ3n) is 4.61. The maximum absolute atomic E-state index is 12.6. The molecule has 1 N–H and O–H groups in total. The second-order valence-corrected chi connectivity index (χ2v) is 8.66. The molecule has 0 aliphatic rings. The van der Waals surface area contributed by atoms with Crippen molar-refractivity contribution in [2.45, 2.75) is 11.7 Å². The van der Waals surface area contributed by atoms with Gasteiger partial charge in [-0.3, -0.25) is 9.36 Å². The van der Waals surface area contributed by atoms with E-state index in [0.29, 0.717) is 33.8 Å². The Morgan fingerprint density at radius 1 is 1.09 bits per heavy atom. The van der Waals surface area contributed by atoms with E-state index in [1.807, 2.05) is 47.0 Å². The number of hydrogen-bond donors (Lipinski definition) is 1.